The summed E-state index contributed by atoms with van der Waals surface area (Å²) in [4.78, 5) is 25.6. The Bertz CT molecular complexity index is 775. The predicted octanol–water partition coefficient (Wildman–Crippen LogP) is 4.84. The standard InChI is InChI=1S/C22H26ClNO3S/c1-15(2)21(17-6-8-18(23)9-7-17)22(26)27-14-20(25)24-12-13-28-19-10-4-16(3)5-11-19/h4-11,15,21H,12-14H2,1-3H3,(H,24,25)/t21-/m1/s1. The molecule has 1 amide bonds. The van der Waals surface area contributed by atoms with E-state index >= 15 is 0 Å². The number of ether oxygens (including phenoxy) is 1. The highest BCUT2D eigenvalue weighted by Gasteiger charge is 2.26. The van der Waals surface area contributed by atoms with Crippen molar-refractivity contribution in [3.05, 3.63) is 64.7 Å². The summed E-state index contributed by atoms with van der Waals surface area (Å²) < 4.78 is 5.25. The van der Waals surface area contributed by atoms with Crippen molar-refractivity contribution in [2.75, 3.05) is 18.9 Å². The molecule has 0 fully saturated rings. The second-order valence-corrected chi connectivity index (χ2v) is 8.50. The van der Waals surface area contributed by atoms with Crippen LogP contribution in [0.25, 0.3) is 0 Å². The van der Waals surface area contributed by atoms with Gasteiger partial charge in [-0.1, -0.05) is 55.3 Å². The van der Waals surface area contributed by atoms with Crippen molar-refractivity contribution in [1.29, 1.82) is 0 Å². The van der Waals surface area contributed by atoms with Crippen LogP contribution >= 0.6 is 23.4 Å². The molecule has 0 spiro atoms. The molecular weight excluding hydrogens is 394 g/mol. The maximum absolute atomic E-state index is 12.5. The van der Waals surface area contributed by atoms with Crippen molar-refractivity contribution in [2.45, 2.75) is 31.6 Å². The Morgan fingerprint density at radius 2 is 1.71 bits per heavy atom. The lowest BCUT2D eigenvalue weighted by atomic mass is 9.88. The fourth-order valence-electron chi connectivity index (χ4n) is 2.73. The van der Waals surface area contributed by atoms with Crippen LogP contribution in [-0.2, 0) is 14.3 Å². The van der Waals surface area contributed by atoms with Crippen LogP contribution in [-0.4, -0.2) is 30.8 Å². The van der Waals surface area contributed by atoms with Gasteiger partial charge in [0.25, 0.3) is 5.91 Å². The number of benzene rings is 2. The first-order valence-electron chi connectivity index (χ1n) is 9.25. The Labute approximate surface area is 176 Å². The fourth-order valence-corrected chi connectivity index (χ4v) is 3.63. The first-order chi connectivity index (χ1) is 13.4. The molecule has 4 nitrogen and oxygen atoms in total. The number of amides is 1. The smallest absolute Gasteiger partial charge is 0.314 e. The van der Waals surface area contributed by atoms with Crippen LogP contribution < -0.4 is 5.32 Å². The molecule has 0 unspecified atom stereocenters. The molecule has 0 heterocycles. The van der Waals surface area contributed by atoms with Crippen LogP contribution in [0.2, 0.25) is 5.02 Å². The number of carbonyl (C=O) groups is 2. The first-order valence-corrected chi connectivity index (χ1v) is 10.6. The van der Waals surface area contributed by atoms with Crippen LogP contribution in [0.3, 0.4) is 0 Å². The van der Waals surface area contributed by atoms with Crippen LogP contribution in [0, 0.1) is 12.8 Å². The molecule has 0 aromatic heterocycles. The lowest BCUT2D eigenvalue weighted by Crippen LogP contribution is -2.32. The summed E-state index contributed by atoms with van der Waals surface area (Å²) in [6.07, 6.45) is 0. The molecule has 0 bridgehead atoms. The lowest BCUT2D eigenvalue weighted by Gasteiger charge is -2.19. The van der Waals surface area contributed by atoms with E-state index < -0.39 is 11.9 Å². The molecule has 1 N–H and O–H groups in total. The third-order valence-electron chi connectivity index (χ3n) is 4.21. The van der Waals surface area contributed by atoms with Gasteiger partial charge in [-0.3, -0.25) is 9.59 Å². The molecule has 2 rings (SSSR count). The number of hydrogen-bond acceptors (Lipinski definition) is 4. The number of esters is 1. The van der Waals surface area contributed by atoms with Crippen LogP contribution in [0.5, 0.6) is 0 Å². The minimum absolute atomic E-state index is 0.0441. The van der Waals surface area contributed by atoms with Gasteiger partial charge < -0.3 is 10.1 Å². The van der Waals surface area contributed by atoms with Crippen LogP contribution in [0.15, 0.2) is 53.4 Å². The Balaban J connectivity index is 1.74. The summed E-state index contributed by atoms with van der Waals surface area (Å²) in [5, 5.41) is 3.39. The Morgan fingerprint density at radius 1 is 1.07 bits per heavy atom. The van der Waals surface area contributed by atoms with Crippen molar-refractivity contribution in [2.24, 2.45) is 5.92 Å². The molecule has 6 heteroatoms. The maximum atomic E-state index is 12.5. The van der Waals surface area contributed by atoms with E-state index in [-0.39, 0.29) is 18.4 Å². The van der Waals surface area contributed by atoms with Gasteiger partial charge in [-0.15, -0.1) is 11.8 Å². The highest BCUT2D eigenvalue weighted by Crippen LogP contribution is 2.27. The van der Waals surface area contributed by atoms with Gasteiger partial charge >= 0.3 is 5.97 Å². The maximum Gasteiger partial charge on any atom is 0.314 e. The van der Waals surface area contributed by atoms with Gasteiger partial charge in [-0.2, -0.15) is 0 Å². The topological polar surface area (TPSA) is 55.4 Å². The number of aryl methyl sites for hydroxylation is 1. The van der Waals surface area contributed by atoms with E-state index in [2.05, 4.69) is 29.6 Å². The molecular formula is C22H26ClNO3S. The van der Waals surface area contributed by atoms with Crippen molar-refractivity contribution >= 4 is 35.2 Å². The quantitative estimate of drug-likeness (QED) is 0.359. The summed E-state index contributed by atoms with van der Waals surface area (Å²) in [6.45, 7) is 6.18. The third kappa shape index (κ3) is 7.21. The van der Waals surface area contributed by atoms with Gasteiger partial charge in [0.05, 0.1) is 5.92 Å². The molecule has 0 aliphatic rings. The van der Waals surface area contributed by atoms with Crippen LogP contribution in [0.1, 0.15) is 30.9 Å². The lowest BCUT2D eigenvalue weighted by molar-refractivity contribution is -0.151. The zero-order chi connectivity index (χ0) is 20.5. The number of halogens is 1. The normalized spacial score (nSPS) is 11.9. The predicted molar refractivity (Wildman–Crippen MR) is 115 cm³/mol. The zero-order valence-corrected chi connectivity index (χ0v) is 18.0. The van der Waals surface area contributed by atoms with Crippen molar-refractivity contribution in [1.82, 2.24) is 5.32 Å². The molecule has 0 saturated heterocycles. The summed E-state index contributed by atoms with van der Waals surface area (Å²) >= 11 is 7.58. The Kier molecular flexibility index (Phi) is 8.87. The first kappa shape index (κ1) is 22.3. The highest BCUT2D eigenvalue weighted by molar-refractivity contribution is 7.99. The third-order valence-corrected chi connectivity index (χ3v) is 5.47. The van der Waals surface area contributed by atoms with Gasteiger partial charge in [0.1, 0.15) is 0 Å². The minimum Gasteiger partial charge on any atom is -0.455 e. The van der Waals surface area contributed by atoms with E-state index in [1.54, 1.807) is 23.9 Å². The van der Waals surface area contributed by atoms with E-state index in [4.69, 9.17) is 16.3 Å². The average Bonchev–Trinajstić information content (AvgIpc) is 2.66. The van der Waals surface area contributed by atoms with E-state index in [1.807, 2.05) is 32.9 Å². The molecule has 0 aliphatic heterocycles. The summed E-state index contributed by atoms with van der Waals surface area (Å²) in [6, 6.07) is 15.4. The van der Waals surface area contributed by atoms with Crippen molar-refractivity contribution < 1.29 is 14.3 Å². The summed E-state index contributed by atoms with van der Waals surface area (Å²) in [7, 11) is 0. The molecule has 2 aromatic carbocycles. The van der Waals surface area contributed by atoms with Crippen molar-refractivity contribution in [3.63, 3.8) is 0 Å². The molecule has 0 aliphatic carbocycles. The second-order valence-electron chi connectivity index (χ2n) is 6.89. The largest absolute Gasteiger partial charge is 0.455 e. The number of thioether (sulfide) groups is 1. The minimum atomic E-state index is -0.429. The molecule has 0 radical (unpaired) electrons. The van der Waals surface area contributed by atoms with E-state index in [9.17, 15) is 9.59 Å². The fraction of sp³-hybridized carbons (Fsp3) is 0.364. The highest BCUT2D eigenvalue weighted by atomic mass is 35.5. The van der Waals surface area contributed by atoms with E-state index in [0.717, 1.165) is 16.2 Å². The average molecular weight is 420 g/mol. The zero-order valence-electron chi connectivity index (χ0n) is 16.4. The van der Waals surface area contributed by atoms with Gasteiger partial charge in [0, 0.05) is 22.2 Å². The van der Waals surface area contributed by atoms with Gasteiger partial charge in [-0.05, 0) is 42.7 Å². The number of rotatable bonds is 9. The molecule has 1 atom stereocenters. The summed E-state index contributed by atoms with van der Waals surface area (Å²) in [5.74, 6) is -0.329. The van der Waals surface area contributed by atoms with Gasteiger partial charge in [-0.25, -0.2) is 0 Å². The Morgan fingerprint density at radius 3 is 2.32 bits per heavy atom. The number of nitrogens with one attached hydrogen (secondary N) is 1. The van der Waals surface area contributed by atoms with Crippen LogP contribution in [0.4, 0.5) is 0 Å². The monoisotopic (exact) mass is 419 g/mol. The van der Waals surface area contributed by atoms with Crippen molar-refractivity contribution in [3.8, 4) is 0 Å². The Hall–Kier alpha value is -1.98. The number of carbonyl (C=O) groups excluding carboxylic acids is 2. The van der Waals surface area contributed by atoms with Gasteiger partial charge in [0.15, 0.2) is 6.61 Å². The molecule has 2 aromatic rings. The SMILES string of the molecule is Cc1ccc(SCCNC(=O)COC(=O)[C@@H](c2ccc(Cl)cc2)C(C)C)cc1. The van der Waals surface area contributed by atoms with E-state index in [0.29, 0.717) is 11.6 Å². The summed E-state index contributed by atoms with van der Waals surface area (Å²) in [5.41, 5.74) is 2.05. The molecule has 0 saturated carbocycles. The van der Waals surface area contributed by atoms with E-state index in [1.165, 1.54) is 5.56 Å². The second kappa shape index (κ2) is 11.1. The number of hydrogen-bond donors (Lipinski definition) is 1. The van der Waals surface area contributed by atoms with Gasteiger partial charge in [0.2, 0.25) is 0 Å². The molecule has 28 heavy (non-hydrogen) atoms. The molecule has 150 valence electrons.